The first-order valence-corrected chi connectivity index (χ1v) is 10.6. The molecule has 2 fully saturated rings. The predicted octanol–water partition coefficient (Wildman–Crippen LogP) is 3.63. The highest BCUT2D eigenvalue weighted by Crippen LogP contribution is 2.51. The van der Waals surface area contributed by atoms with Gasteiger partial charge in [0, 0.05) is 17.5 Å². The smallest absolute Gasteiger partial charge is 0.138 e. The van der Waals surface area contributed by atoms with Gasteiger partial charge in [0.2, 0.25) is 0 Å². The zero-order valence-corrected chi connectivity index (χ0v) is 19.1. The summed E-state index contributed by atoms with van der Waals surface area (Å²) in [7, 11) is 0. The zero-order chi connectivity index (χ0) is 22.3. The largest absolute Gasteiger partial charge is 0.383 e. The first kappa shape index (κ1) is 21.9. The molecule has 0 amide bonds. The highest BCUT2D eigenvalue weighted by molar-refractivity contribution is 5.63. The quantitative estimate of drug-likeness (QED) is 0.593. The van der Waals surface area contributed by atoms with E-state index in [1.807, 2.05) is 20.8 Å². The molecular weight excluding hydrogens is 374 g/mol. The Balaban J connectivity index is 0.00000124. The van der Waals surface area contributed by atoms with E-state index in [0.29, 0.717) is 11.6 Å². The molecule has 3 aliphatic heterocycles. The molecule has 4 rings (SSSR count). The van der Waals surface area contributed by atoms with E-state index >= 15 is 0 Å². The summed E-state index contributed by atoms with van der Waals surface area (Å²) in [5, 5.41) is 10.7. The number of piperidine rings is 1. The van der Waals surface area contributed by atoms with Crippen molar-refractivity contribution in [1.82, 2.24) is 25.5 Å². The normalized spacial score (nSPS) is 24.7. The molecule has 2 saturated heterocycles. The van der Waals surface area contributed by atoms with E-state index in [-0.39, 0.29) is 11.1 Å². The summed E-state index contributed by atoms with van der Waals surface area (Å²) < 4.78 is 0. The topological polar surface area (TPSA) is 91.1 Å². The second kappa shape index (κ2) is 7.80. The first-order valence-electron chi connectivity index (χ1n) is 10.6. The summed E-state index contributed by atoms with van der Waals surface area (Å²) in [6.07, 6.45) is 4.62. The van der Waals surface area contributed by atoms with Gasteiger partial charge in [0.1, 0.15) is 23.6 Å². The monoisotopic (exact) mass is 409 g/mol. The second-order valence-electron chi connectivity index (χ2n) is 8.50. The fourth-order valence-corrected chi connectivity index (χ4v) is 4.50. The average Bonchev–Trinajstić information content (AvgIpc) is 3.01. The molecule has 30 heavy (non-hydrogen) atoms. The van der Waals surface area contributed by atoms with Crippen LogP contribution in [-0.2, 0) is 0 Å². The van der Waals surface area contributed by atoms with Crippen molar-refractivity contribution in [3.8, 4) is 0 Å². The first-order chi connectivity index (χ1) is 14.2. The third-order valence-electron chi connectivity index (χ3n) is 6.37. The summed E-state index contributed by atoms with van der Waals surface area (Å²) >= 11 is 0. The molecule has 0 bridgehead atoms. The molecule has 0 radical (unpaired) electrons. The Morgan fingerprint density at radius 2 is 1.90 bits per heavy atom. The van der Waals surface area contributed by atoms with Gasteiger partial charge in [0.25, 0.3) is 0 Å². The summed E-state index contributed by atoms with van der Waals surface area (Å²) in [5.41, 5.74) is 11.4. The van der Waals surface area contributed by atoms with Crippen LogP contribution in [0.15, 0.2) is 53.9 Å². The van der Waals surface area contributed by atoms with E-state index in [1.165, 1.54) is 6.33 Å². The summed E-state index contributed by atoms with van der Waals surface area (Å²) in [6.45, 7) is 23.2. The van der Waals surface area contributed by atoms with Gasteiger partial charge in [-0.25, -0.2) is 9.97 Å². The molecular formula is C23H35N7. The number of anilines is 2. The van der Waals surface area contributed by atoms with Crippen LogP contribution in [-0.4, -0.2) is 33.6 Å². The molecule has 1 aromatic heterocycles. The van der Waals surface area contributed by atoms with Crippen molar-refractivity contribution in [1.29, 1.82) is 0 Å². The lowest BCUT2D eigenvalue weighted by Gasteiger charge is -2.54. The van der Waals surface area contributed by atoms with Gasteiger partial charge in [-0.1, -0.05) is 40.9 Å². The number of nitrogens with two attached hydrogens (primary N) is 1. The molecule has 3 aliphatic rings. The fourth-order valence-electron chi connectivity index (χ4n) is 4.50. The number of hydrogen-bond acceptors (Lipinski definition) is 7. The molecule has 0 saturated carbocycles. The number of hydrogen-bond donors (Lipinski definition) is 4. The van der Waals surface area contributed by atoms with Crippen LogP contribution in [0.4, 0.5) is 11.6 Å². The lowest BCUT2D eigenvalue weighted by Crippen LogP contribution is -2.69. The van der Waals surface area contributed by atoms with Crippen molar-refractivity contribution in [2.75, 3.05) is 24.1 Å². The van der Waals surface area contributed by atoms with Gasteiger partial charge in [0.05, 0.1) is 22.8 Å². The second-order valence-corrected chi connectivity index (χ2v) is 8.50. The molecule has 7 nitrogen and oxygen atoms in total. The average molecular weight is 410 g/mol. The number of aromatic nitrogens is 2. The molecule has 1 spiro atoms. The Hall–Kier alpha value is -2.80. The Morgan fingerprint density at radius 3 is 2.57 bits per heavy atom. The van der Waals surface area contributed by atoms with Gasteiger partial charge in [-0.05, 0) is 38.5 Å². The number of rotatable bonds is 2. The highest BCUT2D eigenvalue weighted by atomic mass is 15.4. The summed E-state index contributed by atoms with van der Waals surface area (Å²) in [4.78, 5) is 10.7. The van der Waals surface area contributed by atoms with Crippen LogP contribution >= 0.6 is 0 Å². The zero-order valence-electron chi connectivity index (χ0n) is 19.1. The maximum atomic E-state index is 5.96. The van der Waals surface area contributed by atoms with Crippen LogP contribution in [0, 0.1) is 12.3 Å². The van der Waals surface area contributed by atoms with Crippen LogP contribution in [0.5, 0.6) is 0 Å². The summed E-state index contributed by atoms with van der Waals surface area (Å²) in [5.74, 6) is 1.16. The predicted molar refractivity (Wildman–Crippen MR) is 124 cm³/mol. The van der Waals surface area contributed by atoms with Crippen LogP contribution in [0.2, 0.25) is 0 Å². The highest BCUT2D eigenvalue weighted by Gasteiger charge is 2.57. The van der Waals surface area contributed by atoms with Gasteiger partial charge in [-0.2, -0.15) is 0 Å². The maximum absolute atomic E-state index is 5.96. The van der Waals surface area contributed by atoms with Crippen molar-refractivity contribution < 1.29 is 0 Å². The molecule has 1 aromatic rings. The van der Waals surface area contributed by atoms with E-state index in [9.17, 15) is 0 Å². The van der Waals surface area contributed by atoms with Crippen molar-refractivity contribution in [2.24, 2.45) is 5.41 Å². The SMILES string of the molecule is C=C1NC2(CNCCC2(C)C)N2C(=C)C(Nc3ncnc(N)c3C)=CC(C)=C12.CC. The van der Waals surface area contributed by atoms with Gasteiger partial charge in [0.15, 0.2) is 0 Å². The number of nitrogens with one attached hydrogen (secondary N) is 3. The maximum Gasteiger partial charge on any atom is 0.138 e. The molecule has 162 valence electrons. The van der Waals surface area contributed by atoms with Crippen LogP contribution < -0.4 is 21.7 Å². The fraction of sp³-hybridized carbons (Fsp3) is 0.478. The van der Waals surface area contributed by atoms with E-state index < -0.39 is 0 Å². The Kier molecular flexibility index (Phi) is 5.69. The van der Waals surface area contributed by atoms with Gasteiger partial charge >= 0.3 is 0 Å². The van der Waals surface area contributed by atoms with Gasteiger partial charge in [-0.3, -0.25) is 0 Å². The van der Waals surface area contributed by atoms with E-state index in [4.69, 9.17) is 5.73 Å². The van der Waals surface area contributed by atoms with E-state index in [2.05, 4.69) is 70.8 Å². The molecule has 0 aromatic carbocycles. The lowest BCUT2D eigenvalue weighted by molar-refractivity contribution is 0.00501. The number of allylic oxidation sites excluding steroid dienone is 2. The van der Waals surface area contributed by atoms with Crippen LogP contribution in [0.1, 0.15) is 46.6 Å². The molecule has 1 unspecified atom stereocenters. The van der Waals surface area contributed by atoms with Crippen LogP contribution in [0.3, 0.4) is 0 Å². The molecule has 5 N–H and O–H groups in total. The third kappa shape index (κ3) is 3.17. The van der Waals surface area contributed by atoms with Crippen LogP contribution in [0.25, 0.3) is 0 Å². The minimum Gasteiger partial charge on any atom is -0.383 e. The number of nitrogen functional groups attached to an aromatic ring is 1. The minimum atomic E-state index is -0.322. The van der Waals surface area contributed by atoms with E-state index in [0.717, 1.165) is 53.4 Å². The van der Waals surface area contributed by atoms with Crippen molar-refractivity contribution in [3.05, 3.63) is 59.5 Å². The Labute approximate surface area is 180 Å². The number of nitrogens with zero attached hydrogens (tertiary/aromatic N) is 3. The van der Waals surface area contributed by atoms with E-state index in [1.54, 1.807) is 0 Å². The number of fused-ring (bicyclic) bond motifs is 2. The molecule has 0 aliphatic carbocycles. The Morgan fingerprint density at radius 1 is 1.20 bits per heavy atom. The van der Waals surface area contributed by atoms with Gasteiger partial charge in [-0.15, -0.1) is 0 Å². The molecule has 1 atom stereocenters. The van der Waals surface area contributed by atoms with Crippen molar-refractivity contribution in [2.45, 2.75) is 53.6 Å². The third-order valence-corrected chi connectivity index (χ3v) is 6.37. The van der Waals surface area contributed by atoms with Crippen molar-refractivity contribution >= 4 is 11.6 Å². The Bertz CT molecular complexity index is 941. The molecule has 7 heteroatoms. The summed E-state index contributed by atoms with van der Waals surface area (Å²) in [6, 6.07) is 0. The lowest BCUT2D eigenvalue weighted by atomic mass is 9.72. The minimum absolute atomic E-state index is 0.0177. The standard InChI is InChI=1S/C21H29N7.C2H6/c1-12-9-16(26-19-13(2)18(22)24-11-25-19)15(4)28-17(12)14(3)27-21(28)10-23-8-7-20(21,5)6;1-2/h9,11,23,27H,3-4,7-8,10H2,1-2,5-6H3,(H3,22,24,25,26);1-2H3. The van der Waals surface area contributed by atoms with Gasteiger partial charge < -0.3 is 26.6 Å². The molecule has 4 heterocycles. The van der Waals surface area contributed by atoms with Crippen molar-refractivity contribution in [3.63, 3.8) is 0 Å².